The summed E-state index contributed by atoms with van der Waals surface area (Å²) >= 11 is 7.82. The highest BCUT2D eigenvalue weighted by Crippen LogP contribution is 2.23. The van der Waals surface area contributed by atoms with Gasteiger partial charge in [0.25, 0.3) is 0 Å². The van der Waals surface area contributed by atoms with Crippen LogP contribution in [0.4, 0.5) is 0 Å². The van der Waals surface area contributed by atoms with Crippen LogP contribution in [0.3, 0.4) is 0 Å². The summed E-state index contributed by atoms with van der Waals surface area (Å²) in [5, 5.41) is 3.80. The van der Waals surface area contributed by atoms with Crippen molar-refractivity contribution in [2.24, 2.45) is 0 Å². The second kappa shape index (κ2) is 13.0. The van der Waals surface area contributed by atoms with Crippen LogP contribution in [0.5, 0.6) is 0 Å². The molecule has 1 N–H and O–H groups in total. The molecular formula is C30H35ClN2O2S. The topological polar surface area (TPSA) is 49.4 Å². The van der Waals surface area contributed by atoms with Crippen molar-refractivity contribution in [1.82, 2.24) is 10.2 Å². The van der Waals surface area contributed by atoms with Crippen LogP contribution in [0.25, 0.3) is 0 Å². The van der Waals surface area contributed by atoms with E-state index in [1.807, 2.05) is 107 Å². The van der Waals surface area contributed by atoms with Gasteiger partial charge in [-0.25, -0.2) is 0 Å². The smallest absolute Gasteiger partial charge is 0.243 e. The molecule has 0 saturated heterocycles. The molecule has 36 heavy (non-hydrogen) atoms. The van der Waals surface area contributed by atoms with E-state index < -0.39 is 11.6 Å². The van der Waals surface area contributed by atoms with Crippen molar-refractivity contribution in [2.75, 3.05) is 5.75 Å². The van der Waals surface area contributed by atoms with Gasteiger partial charge in [0.1, 0.15) is 6.04 Å². The van der Waals surface area contributed by atoms with E-state index in [2.05, 4.69) is 5.32 Å². The fraction of sp³-hybridized carbons (Fsp3) is 0.333. The highest BCUT2D eigenvalue weighted by atomic mass is 35.5. The van der Waals surface area contributed by atoms with E-state index in [0.717, 1.165) is 22.3 Å². The summed E-state index contributed by atoms with van der Waals surface area (Å²) in [6, 6.07) is 25.0. The van der Waals surface area contributed by atoms with Gasteiger partial charge in [0, 0.05) is 29.3 Å². The first-order valence-corrected chi connectivity index (χ1v) is 13.7. The molecule has 4 nitrogen and oxygen atoms in total. The minimum atomic E-state index is -0.638. The number of benzene rings is 3. The lowest BCUT2D eigenvalue weighted by Gasteiger charge is -2.34. The monoisotopic (exact) mass is 522 g/mol. The second-order valence-corrected chi connectivity index (χ2v) is 11.4. The molecule has 0 aliphatic rings. The molecule has 2 amide bonds. The average Bonchev–Trinajstić information content (AvgIpc) is 2.83. The third kappa shape index (κ3) is 8.72. The van der Waals surface area contributed by atoms with E-state index in [-0.39, 0.29) is 17.6 Å². The molecule has 0 bridgehead atoms. The van der Waals surface area contributed by atoms with E-state index >= 15 is 0 Å². The third-order valence-corrected chi connectivity index (χ3v) is 7.02. The van der Waals surface area contributed by atoms with Crippen LogP contribution in [0, 0.1) is 6.92 Å². The number of amides is 2. The Morgan fingerprint density at radius 1 is 0.917 bits per heavy atom. The largest absolute Gasteiger partial charge is 0.350 e. The molecule has 3 rings (SSSR count). The normalized spacial score (nSPS) is 12.1. The van der Waals surface area contributed by atoms with Crippen molar-refractivity contribution >= 4 is 35.2 Å². The zero-order chi connectivity index (χ0) is 26.1. The molecule has 0 spiro atoms. The van der Waals surface area contributed by atoms with E-state index in [9.17, 15) is 9.59 Å². The second-order valence-electron chi connectivity index (χ2n) is 10.0. The molecule has 0 fully saturated rings. The first-order chi connectivity index (χ1) is 17.1. The zero-order valence-electron chi connectivity index (χ0n) is 21.5. The quantitative estimate of drug-likeness (QED) is 0.333. The number of rotatable bonds is 10. The predicted octanol–water partition coefficient (Wildman–Crippen LogP) is 6.44. The lowest BCUT2D eigenvalue weighted by atomic mass is 10.0. The summed E-state index contributed by atoms with van der Waals surface area (Å²) in [5.41, 5.74) is 3.74. The van der Waals surface area contributed by atoms with Gasteiger partial charge in [-0.15, -0.1) is 11.8 Å². The number of nitrogens with zero attached hydrogens (tertiary/aromatic N) is 1. The van der Waals surface area contributed by atoms with Crippen molar-refractivity contribution in [3.05, 3.63) is 106 Å². The van der Waals surface area contributed by atoms with Gasteiger partial charge in [-0.05, 0) is 50.5 Å². The minimum absolute atomic E-state index is 0.0716. The summed E-state index contributed by atoms with van der Waals surface area (Å²) in [6.45, 7) is 8.26. The Kier molecular flexibility index (Phi) is 10.0. The van der Waals surface area contributed by atoms with Crippen LogP contribution in [-0.4, -0.2) is 34.0 Å². The standard InChI is InChI=1S/C30H35ClN2O2S/c1-22-14-16-24(17-15-22)19-33(28(34)21-36-20-25-12-8-9-13-26(25)31)27(29(35)32-30(2,3)4)18-23-10-6-5-7-11-23/h5-17,27H,18-21H2,1-4H3,(H,32,35)/t27-/m1/s1. The Morgan fingerprint density at radius 2 is 1.56 bits per heavy atom. The van der Waals surface area contributed by atoms with Crippen LogP contribution in [0.2, 0.25) is 5.02 Å². The van der Waals surface area contributed by atoms with Gasteiger partial charge >= 0.3 is 0 Å². The number of thioether (sulfide) groups is 1. The Hall–Kier alpha value is -2.76. The van der Waals surface area contributed by atoms with Gasteiger partial charge in [0.15, 0.2) is 0 Å². The third-order valence-electron chi connectivity index (χ3n) is 5.68. The SMILES string of the molecule is Cc1ccc(CN(C(=O)CSCc2ccccc2Cl)[C@H](Cc2ccccc2)C(=O)NC(C)(C)C)cc1. The predicted molar refractivity (Wildman–Crippen MR) is 151 cm³/mol. The molecule has 0 aromatic heterocycles. The molecule has 0 radical (unpaired) electrons. The van der Waals surface area contributed by atoms with Crippen LogP contribution >= 0.6 is 23.4 Å². The summed E-state index contributed by atoms with van der Waals surface area (Å²) < 4.78 is 0. The van der Waals surface area contributed by atoms with Crippen LogP contribution in [0.1, 0.15) is 43.0 Å². The first-order valence-electron chi connectivity index (χ1n) is 12.1. The number of nitrogens with one attached hydrogen (secondary N) is 1. The van der Waals surface area contributed by atoms with Gasteiger partial charge in [-0.3, -0.25) is 9.59 Å². The van der Waals surface area contributed by atoms with Crippen molar-refractivity contribution in [1.29, 1.82) is 0 Å². The van der Waals surface area contributed by atoms with Crippen LogP contribution in [-0.2, 0) is 28.3 Å². The van der Waals surface area contributed by atoms with Gasteiger partial charge < -0.3 is 10.2 Å². The van der Waals surface area contributed by atoms with Gasteiger partial charge in [-0.1, -0.05) is 90.0 Å². The number of hydrogen-bond donors (Lipinski definition) is 1. The minimum Gasteiger partial charge on any atom is -0.350 e. The Labute approximate surface area is 224 Å². The molecule has 6 heteroatoms. The van der Waals surface area contributed by atoms with E-state index in [0.29, 0.717) is 23.7 Å². The molecule has 3 aromatic carbocycles. The summed E-state index contributed by atoms with van der Waals surface area (Å²) in [5.74, 6) is 0.660. The Bertz CT molecular complexity index is 1140. The molecular weight excluding hydrogens is 488 g/mol. The molecule has 1 atom stereocenters. The fourth-order valence-corrected chi connectivity index (χ4v) is 5.04. The van der Waals surface area contributed by atoms with Crippen molar-refractivity contribution in [3.63, 3.8) is 0 Å². The molecule has 0 aliphatic carbocycles. The van der Waals surface area contributed by atoms with Crippen LogP contribution < -0.4 is 5.32 Å². The Morgan fingerprint density at radius 3 is 2.19 bits per heavy atom. The highest BCUT2D eigenvalue weighted by molar-refractivity contribution is 7.99. The summed E-state index contributed by atoms with van der Waals surface area (Å²) in [6.07, 6.45) is 0.440. The molecule has 190 valence electrons. The molecule has 0 unspecified atom stereocenters. The van der Waals surface area contributed by atoms with Crippen molar-refractivity contribution in [3.8, 4) is 0 Å². The lowest BCUT2D eigenvalue weighted by Crippen LogP contribution is -2.54. The highest BCUT2D eigenvalue weighted by Gasteiger charge is 2.32. The summed E-state index contributed by atoms with van der Waals surface area (Å²) in [4.78, 5) is 29.0. The van der Waals surface area contributed by atoms with E-state index in [4.69, 9.17) is 11.6 Å². The van der Waals surface area contributed by atoms with Gasteiger partial charge in [0.05, 0.1) is 5.75 Å². The molecule has 0 saturated carbocycles. The number of aryl methyl sites for hydroxylation is 1. The number of carbonyl (C=O) groups excluding carboxylic acids is 2. The van der Waals surface area contributed by atoms with E-state index in [1.165, 1.54) is 11.8 Å². The van der Waals surface area contributed by atoms with Gasteiger partial charge in [0.2, 0.25) is 11.8 Å². The zero-order valence-corrected chi connectivity index (χ0v) is 23.0. The number of hydrogen-bond acceptors (Lipinski definition) is 3. The first kappa shape index (κ1) is 27.8. The molecule has 0 heterocycles. The fourth-order valence-electron chi connectivity index (χ4n) is 3.84. The maximum atomic E-state index is 13.7. The maximum absolute atomic E-state index is 13.7. The van der Waals surface area contributed by atoms with Crippen LogP contribution in [0.15, 0.2) is 78.9 Å². The van der Waals surface area contributed by atoms with Crippen molar-refractivity contribution < 1.29 is 9.59 Å². The van der Waals surface area contributed by atoms with Crippen molar-refractivity contribution in [2.45, 2.75) is 58.0 Å². The average molecular weight is 523 g/mol. The lowest BCUT2D eigenvalue weighted by molar-refractivity contribution is -0.140. The molecule has 0 aliphatic heterocycles. The van der Waals surface area contributed by atoms with Gasteiger partial charge in [-0.2, -0.15) is 0 Å². The number of carbonyl (C=O) groups is 2. The Balaban J connectivity index is 1.87. The molecule has 3 aromatic rings. The maximum Gasteiger partial charge on any atom is 0.243 e. The number of halogens is 1. The summed E-state index contributed by atoms with van der Waals surface area (Å²) in [7, 11) is 0. The van der Waals surface area contributed by atoms with E-state index in [1.54, 1.807) is 4.90 Å².